The van der Waals surface area contributed by atoms with Crippen LogP contribution in [0.4, 0.5) is 0 Å². The number of aliphatic hydroxyl groups excluding tert-OH is 1. The minimum absolute atomic E-state index is 0.102. The summed E-state index contributed by atoms with van der Waals surface area (Å²) in [5, 5.41) is 11.9. The maximum Gasteiger partial charge on any atom is 0.251 e. The van der Waals surface area contributed by atoms with Crippen LogP contribution in [0.25, 0.3) is 0 Å². The molecule has 0 aliphatic carbocycles. The molecule has 1 aliphatic heterocycles. The summed E-state index contributed by atoms with van der Waals surface area (Å²) >= 11 is 0. The van der Waals surface area contributed by atoms with Gasteiger partial charge in [0.1, 0.15) is 0 Å². The molecule has 0 radical (unpaired) electrons. The minimum Gasteiger partial charge on any atom is -0.381 e. The number of carbonyl (C=O) groups is 1. The second kappa shape index (κ2) is 3.18. The van der Waals surface area contributed by atoms with Crippen molar-refractivity contribution < 1.29 is 9.90 Å². The smallest absolute Gasteiger partial charge is 0.251 e. The summed E-state index contributed by atoms with van der Waals surface area (Å²) < 4.78 is 0. The first-order chi connectivity index (χ1) is 6.27. The van der Waals surface area contributed by atoms with Crippen LogP contribution in [0.2, 0.25) is 0 Å². The number of β-lactam (4-membered cyclic amide) rings is 1. The number of aliphatic hydroxyl groups is 1. The average Bonchev–Trinajstić information content (AvgIpc) is 2.19. The summed E-state index contributed by atoms with van der Waals surface area (Å²) in [5.74, 6) is -0.263. The fourth-order valence-electron chi connectivity index (χ4n) is 1.46. The maximum absolute atomic E-state index is 10.7. The van der Waals surface area contributed by atoms with Crippen LogP contribution >= 0.6 is 0 Å². The molecule has 1 fully saturated rings. The highest BCUT2D eigenvalue weighted by atomic mass is 16.3. The van der Waals surface area contributed by atoms with Crippen molar-refractivity contribution in [1.82, 2.24) is 5.32 Å². The zero-order chi connectivity index (χ0) is 9.26. The molecular weight excluding hydrogens is 166 g/mol. The SMILES string of the molecule is O=C1NC(Cc2ccccc2)C1O. The molecule has 2 atom stereocenters. The summed E-state index contributed by atoms with van der Waals surface area (Å²) in [7, 11) is 0. The van der Waals surface area contributed by atoms with E-state index in [4.69, 9.17) is 0 Å². The van der Waals surface area contributed by atoms with Gasteiger partial charge in [-0.15, -0.1) is 0 Å². The zero-order valence-electron chi connectivity index (χ0n) is 7.10. The molecule has 13 heavy (non-hydrogen) atoms. The van der Waals surface area contributed by atoms with E-state index in [1.54, 1.807) is 0 Å². The topological polar surface area (TPSA) is 49.3 Å². The van der Waals surface area contributed by atoms with Crippen LogP contribution in [-0.4, -0.2) is 23.2 Å². The summed E-state index contributed by atoms with van der Waals surface area (Å²) in [4.78, 5) is 10.7. The van der Waals surface area contributed by atoms with E-state index in [1.165, 1.54) is 0 Å². The van der Waals surface area contributed by atoms with Gasteiger partial charge in [0.2, 0.25) is 0 Å². The number of benzene rings is 1. The number of hydrogen-bond donors (Lipinski definition) is 2. The Bertz CT molecular complexity index is 310. The molecule has 1 saturated heterocycles. The Hall–Kier alpha value is -1.35. The number of carbonyl (C=O) groups excluding carboxylic acids is 1. The molecular formula is C10H11NO2. The third-order valence-electron chi connectivity index (χ3n) is 2.28. The number of nitrogens with one attached hydrogen (secondary N) is 1. The van der Waals surface area contributed by atoms with E-state index in [9.17, 15) is 9.90 Å². The number of rotatable bonds is 2. The second-order valence-corrected chi connectivity index (χ2v) is 3.25. The predicted octanol–water partition coefficient (Wildman–Crippen LogP) is 0.0884. The summed E-state index contributed by atoms with van der Waals surface area (Å²) in [5.41, 5.74) is 1.13. The van der Waals surface area contributed by atoms with Crippen molar-refractivity contribution in [2.75, 3.05) is 0 Å². The van der Waals surface area contributed by atoms with Crippen LogP contribution in [0.5, 0.6) is 0 Å². The third kappa shape index (κ3) is 1.55. The average molecular weight is 177 g/mol. The highest BCUT2D eigenvalue weighted by Gasteiger charge is 2.36. The van der Waals surface area contributed by atoms with E-state index in [0.29, 0.717) is 6.42 Å². The van der Waals surface area contributed by atoms with Gasteiger partial charge in [-0.1, -0.05) is 30.3 Å². The monoisotopic (exact) mass is 177 g/mol. The van der Waals surface area contributed by atoms with E-state index in [1.807, 2.05) is 30.3 Å². The highest BCUT2D eigenvalue weighted by molar-refractivity contribution is 5.87. The van der Waals surface area contributed by atoms with Gasteiger partial charge in [0.15, 0.2) is 6.10 Å². The van der Waals surface area contributed by atoms with Gasteiger partial charge in [-0.2, -0.15) is 0 Å². The predicted molar refractivity (Wildman–Crippen MR) is 48.1 cm³/mol. The Balaban J connectivity index is 1.97. The molecule has 1 aromatic rings. The first-order valence-corrected chi connectivity index (χ1v) is 4.30. The van der Waals surface area contributed by atoms with Crippen molar-refractivity contribution in [2.24, 2.45) is 0 Å². The Kier molecular flexibility index (Phi) is 2.02. The Labute approximate surface area is 76.4 Å². The lowest BCUT2D eigenvalue weighted by molar-refractivity contribution is -0.142. The molecule has 1 heterocycles. The second-order valence-electron chi connectivity index (χ2n) is 3.25. The van der Waals surface area contributed by atoms with Crippen molar-refractivity contribution in [3.63, 3.8) is 0 Å². The Morgan fingerprint density at radius 2 is 2.00 bits per heavy atom. The van der Waals surface area contributed by atoms with Crippen molar-refractivity contribution in [3.8, 4) is 0 Å². The standard InChI is InChI=1S/C10H11NO2/c12-9-8(11-10(9)13)6-7-4-2-1-3-5-7/h1-5,8-9,12H,6H2,(H,11,13). The van der Waals surface area contributed by atoms with Crippen LogP contribution in [0.15, 0.2) is 30.3 Å². The van der Waals surface area contributed by atoms with Gasteiger partial charge in [0.25, 0.3) is 5.91 Å². The van der Waals surface area contributed by atoms with Crippen LogP contribution in [0.1, 0.15) is 5.56 Å². The normalized spacial score (nSPS) is 26.4. The van der Waals surface area contributed by atoms with Gasteiger partial charge >= 0.3 is 0 Å². The van der Waals surface area contributed by atoms with Crippen molar-refractivity contribution >= 4 is 5.91 Å². The molecule has 1 amide bonds. The lowest BCUT2D eigenvalue weighted by Crippen LogP contribution is -2.63. The van der Waals surface area contributed by atoms with E-state index in [0.717, 1.165) is 5.56 Å². The van der Waals surface area contributed by atoms with Crippen LogP contribution in [0, 0.1) is 0 Å². The molecule has 3 nitrogen and oxygen atoms in total. The van der Waals surface area contributed by atoms with E-state index >= 15 is 0 Å². The molecule has 3 heteroatoms. The van der Waals surface area contributed by atoms with Gasteiger partial charge in [-0.3, -0.25) is 4.79 Å². The number of hydrogen-bond acceptors (Lipinski definition) is 2. The molecule has 0 saturated carbocycles. The minimum atomic E-state index is -0.819. The molecule has 0 aromatic heterocycles. The molecule has 0 bridgehead atoms. The van der Waals surface area contributed by atoms with E-state index < -0.39 is 6.10 Å². The lowest BCUT2D eigenvalue weighted by atomic mass is 9.95. The summed E-state index contributed by atoms with van der Waals surface area (Å²) in [6, 6.07) is 9.70. The first kappa shape index (κ1) is 8.26. The first-order valence-electron chi connectivity index (χ1n) is 4.30. The van der Waals surface area contributed by atoms with Gasteiger partial charge in [-0.05, 0) is 12.0 Å². The van der Waals surface area contributed by atoms with Crippen LogP contribution < -0.4 is 5.32 Å². The molecule has 2 unspecified atom stereocenters. The van der Waals surface area contributed by atoms with Crippen LogP contribution in [0.3, 0.4) is 0 Å². The van der Waals surface area contributed by atoms with Gasteiger partial charge < -0.3 is 10.4 Å². The third-order valence-corrected chi connectivity index (χ3v) is 2.28. The van der Waals surface area contributed by atoms with Crippen molar-refractivity contribution in [2.45, 2.75) is 18.6 Å². The fourth-order valence-corrected chi connectivity index (χ4v) is 1.46. The largest absolute Gasteiger partial charge is 0.381 e. The highest BCUT2D eigenvalue weighted by Crippen LogP contribution is 2.12. The van der Waals surface area contributed by atoms with Crippen LogP contribution in [-0.2, 0) is 11.2 Å². The van der Waals surface area contributed by atoms with Gasteiger partial charge in [0, 0.05) is 0 Å². The lowest BCUT2D eigenvalue weighted by Gasteiger charge is -2.32. The molecule has 2 N–H and O–H groups in total. The van der Waals surface area contributed by atoms with E-state index in [2.05, 4.69) is 5.32 Å². The quantitative estimate of drug-likeness (QED) is 0.629. The van der Waals surface area contributed by atoms with Crippen molar-refractivity contribution in [3.05, 3.63) is 35.9 Å². The molecule has 2 rings (SSSR count). The number of amides is 1. The summed E-state index contributed by atoms with van der Waals surface area (Å²) in [6.07, 6.45) is -0.117. The summed E-state index contributed by atoms with van der Waals surface area (Å²) in [6.45, 7) is 0. The Morgan fingerprint density at radius 3 is 2.54 bits per heavy atom. The Morgan fingerprint density at radius 1 is 1.31 bits per heavy atom. The van der Waals surface area contributed by atoms with Gasteiger partial charge in [-0.25, -0.2) is 0 Å². The molecule has 0 spiro atoms. The zero-order valence-corrected chi connectivity index (χ0v) is 7.10. The van der Waals surface area contributed by atoms with E-state index in [-0.39, 0.29) is 11.9 Å². The maximum atomic E-state index is 10.7. The molecule has 1 aromatic carbocycles. The van der Waals surface area contributed by atoms with Gasteiger partial charge in [0.05, 0.1) is 6.04 Å². The fraction of sp³-hybridized carbons (Fsp3) is 0.300. The molecule has 68 valence electrons. The molecule has 1 aliphatic rings. The van der Waals surface area contributed by atoms with Crippen molar-refractivity contribution in [1.29, 1.82) is 0 Å².